The van der Waals surface area contributed by atoms with Gasteiger partial charge in [-0.05, 0) is 56.5 Å². The van der Waals surface area contributed by atoms with Gasteiger partial charge in [0.15, 0.2) is 0 Å². The van der Waals surface area contributed by atoms with Crippen molar-refractivity contribution in [3.63, 3.8) is 0 Å². The largest absolute Gasteiger partial charge is 0.491 e. The predicted octanol–water partition coefficient (Wildman–Crippen LogP) is 4.63. The Hall–Kier alpha value is -1.80. The lowest BCUT2D eigenvalue weighted by Gasteiger charge is -2.17. The Morgan fingerprint density at radius 1 is 1.00 bits per heavy atom. The number of ether oxygens (including phenoxy) is 1. The fourth-order valence-electron chi connectivity index (χ4n) is 2.45. The molecule has 0 aromatic heterocycles. The van der Waals surface area contributed by atoms with Crippen LogP contribution >= 0.6 is 0 Å². The molecule has 0 saturated carbocycles. The van der Waals surface area contributed by atoms with E-state index in [0.717, 1.165) is 12.3 Å². The molecule has 112 valence electrons. The van der Waals surface area contributed by atoms with Gasteiger partial charge in [0.1, 0.15) is 5.75 Å². The molecule has 21 heavy (non-hydrogen) atoms. The summed E-state index contributed by atoms with van der Waals surface area (Å²) >= 11 is 0. The first kappa shape index (κ1) is 15.6. The van der Waals surface area contributed by atoms with Crippen molar-refractivity contribution in [2.75, 3.05) is 0 Å². The lowest BCUT2D eigenvalue weighted by atomic mass is 10.0. The first-order valence-corrected chi connectivity index (χ1v) is 7.61. The Morgan fingerprint density at radius 3 is 2.48 bits per heavy atom. The average Bonchev–Trinajstić information content (AvgIpc) is 2.45. The first-order chi connectivity index (χ1) is 10.1. The summed E-state index contributed by atoms with van der Waals surface area (Å²) in [6.45, 7) is 9.29. The molecule has 0 heterocycles. The van der Waals surface area contributed by atoms with Gasteiger partial charge in [0, 0.05) is 12.6 Å². The molecule has 1 N–H and O–H groups in total. The molecule has 0 saturated heterocycles. The van der Waals surface area contributed by atoms with Crippen LogP contribution in [-0.2, 0) is 6.54 Å². The van der Waals surface area contributed by atoms with Crippen LogP contribution in [0.5, 0.6) is 5.75 Å². The Labute approximate surface area is 128 Å². The summed E-state index contributed by atoms with van der Waals surface area (Å²) < 4.78 is 5.74. The van der Waals surface area contributed by atoms with Gasteiger partial charge in [-0.2, -0.15) is 0 Å². The summed E-state index contributed by atoms with van der Waals surface area (Å²) in [5, 5.41) is 3.58. The van der Waals surface area contributed by atoms with Crippen molar-refractivity contribution in [1.29, 1.82) is 0 Å². The van der Waals surface area contributed by atoms with Gasteiger partial charge in [-0.3, -0.25) is 0 Å². The summed E-state index contributed by atoms with van der Waals surface area (Å²) in [5.74, 6) is 0.938. The second kappa shape index (κ2) is 7.28. The number of rotatable bonds is 6. The topological polar surface area (TPSA) is 21.3 Å². The maximum absolute atomic E-state index is 5.74. The monoisotopic (exact) mass is 283 g/mol. The molecule has 0 radical (unpaired) electrons. The molecular weight excluding hydrogens is 258 g/mol. The predicted molar refractivity (Wildman–Crippen MR) is 88.6 cm³/mol. The number of aryl methyl sites for hydroxylation is 1. The zero-order valence-corrected chi connectivity index (χ0v) is 13.4. The van der Waals surface area contributed by atoms with Crippen LogP contribution in [0.3, 0.4) is 0 Å². The Morgan fingerprint density at radius 2 is 1.76 bits per heavy atom. The third kappa shape index (κ3) is 4.61. The highest BCUT2D eigenvalue weighted by atomic mass is 16.5. The minimum atomic E-state index is 0.208. The highest BCUT2D eigenvalue weighted by molar-refractivity contribution is 5.30. The maximum Gasteiger partial charge on any atom is 0.120 e. The van der Waals surface area contributed by atoms with Crippen LogP contribution in [0, 0.1) is 6.92 Å². The van der Waals surface area contributed by atoms with Crippen molar-refractivity contribution >= 4 is 0 Å². The fraction of sp³-hybridized carbons (Fsp3) is 0.368. The first-order valence-electron chi connectivity index (χ1n) is 7.61. The van der Waals surface area contributed by atoms with Gasteiger partial charge in [-0.15, -0.1) is 0 Å². The number of nitrogens with one attached hydrogen (secondary N) is 1. The Bertz CT molecular complexity index is 577. The van der Waals surface area contributed by atoms with E-state index in [2.05, 4.69) is 55.6 Å². The summed E-state index contributed by atoms with van der Waals surface area (Å²) in [6, 6.07) is 17.1. The molecule has 2 heteroatoms. The third-order valence-electron chi connectivity index (χ3n) is 3.54. The molecule has 2 nitrogen and oxygen atoms in total. The van der Waals surface area contributed by atoms with E-state index < -0.39 is 0 Å². The zero-order chi connectivity index (χ0) is 15.2. The summed E-state index contributed by atoms with van der Waals surface area (Å²) in [5.41, 5.74) is 3.93. The molecular formula is C19H25NO. The van der Waals surface area contributed by atoms with Crippen LogP contribution in [-0.4, -0.2) is 6.10 Å². The van der Waals surface area contributed by atoms with Gasteiger partial charge in [0.05, 0.1) is 6.10 Å². The van der Waals surface area contributed by atoms with Crippen LogP contribution in [0.25, 0.3) is 0 Å². The normalized spacial score (nSPS) is 12.4. The van der Waals surface area contributed by atoms with Crippen molar-refractivity contribution in [2.24, 2.45) is 0 Å². The van der Waals surface area contributed by atoms with Crippen molar-refractivity contribution in [3.05, 3.63) is 65.2 Å². The lowest BCUT2D eigenvalue weighted by molar-refractivity contribution is 0.242. The van der Waals surface area contributed by atoms with E-state index in [1.807, 2.05) is 26.0 Å². The Kier molecular flexibility index (Phi) is 5.40. The quantitative estimate of drug-likeness (QED) is 0.834. The third-order valence-corrected chi connectivity index (χ3v) is 3.54. The highest BCUT2D eigenvalue weighted by Gasteiger charge is 2.07. The molecule has 0 aliphatic carbocycles. The van der Waals surface area contributed by atoms with Gasteiger partial charge in [0.2, 0.25) is 0 Å². The van der Waals surface area contributed by atoms with Crippen molar-refractivity contribution in [2.45, 2.75) is 46.4 Å². The molecule has 0 fully saturated rings. The van der Waals surface area contributed by atoms with Crippen molar-refractivity contribution in [1.82, 2.24) is 5.32 Å². The van der Waals surface area contributed by atoms with Crippen LogP contribution in [0.2, 0.25) is 0 Å². The summed E-state index contributed by atoms with van der Waals surface area (Å²) in [7, 11) is 0. The summed E-state index contributed by atoms with van der Waals surface area (Å²) in [4.78, 5) is 0. The molecule has 2 aromatic rings. The van der Waals surface area contributed by atoms with E-state index in [0.29, 0.717) is 6.04 Å². The van der Waals surface area contributed by atoms with E-state index in [-0.39, 0.29) is 6.10 Å². The SMILES string of the molecule is Cc1ccccc1C(C)NCc1cccc(OC(C)C)c1. The maximum atomic E-state index is 5.74. The average molecular weight is 283 g/mol. The van der Waals surface area contributed by atoms with E-state index in [1.54, 1.807) is 0 Å². The van der Waals surface area contributed by atoms with Gasteiger partial charge < -0.3 is 10.1 Å². The molecule has 0 spiro atoms. The van der Waals surface area contributed by atoms with Crippen LogP contribution < -0.4 is 10.1 Å². The van der Waals surface area contributed by atoms with E-state index in [4.69, 9.17) is 4.74 Å². The number of hydrogen-bond acceptors (Lipinski definition) is 2. The standard InChI is InChI=1S/C19H25NO/c1-14(2)21-18-10-7-9-17(12-18)13-20-16(4)19-11-6-5-8-15(19)3/h5-12,14,16,20H,13H2,1-4H3. The van der Waals surface area contributed by atoms with E-state index in [9.17, 15) is 0 Å². The van der Waals surface area contributed by atoms with Gasteiger partial charge in [-0.1, -0.05) is 36.4 Å². The smallest absolute Gasteiger partial charge is 0.120 e. The van der Waals surface area contributed by atoms with Gasteiger partial charge in [-0.25, -0.2) is 0 Å². The minimum Gasteiger partial charge on any atom is -0.491 e. The van der Waals surface area contributed by atoms with Crippen molar-refractivity contribution < 1.29 is 4.74 Å². The number of benzene rings is 2. The molecule has 0 aliphatic heterocycles. The molecule has 2 aromatic carbocycles. The highest BCUT2D eigenvalue weighted by Crippen LogP contribution is 2.19. The van der Waals surface area contributed by atoms with E-state index in [1.165, 1.54) is 16.7 Å². The molecule has 0 bridgehead atoms. The van der Waals surface area contributed by atoms with Gasteiger partial charge >= 0.3 is 0 Å². The minimum absolute atomic E-state index is 0.208. The van der Waals surface area contributed by atoms with Crippen LogP contribution in [0.4, 0.5) is 0 Å². The molecule has 0 aliphatic rings. The summed E-state index contributed by atoms with van der Waals surface area (Å²) in [6.07, 6.45) is 0.208. The fourth-order valence-corrected chi connectivity index (χ4v) is 2.45. The Balaban J connectivity index is 1.98. The second-order valence-electron chi connectivity index (χ2n) is 5.77. The lowest BCUT2D eigenvalue weighted by Crippen LogP contribution is -2.19. The molecule has 1 atom stereocenters. The van der Waals surface area contributed by atoms with Crippen LogP contribution in [0.1, 0.15) is 43.5 Å². The molecule has 0 amide bonds. The van der Waals surface area contributed by atoms with Crippen LogP contribution in [0.15, 0.2) is 48.5 Å². The van der Waals surface area contributed by atoms with Gasteiger partial charge in [0.25, 0.3) is 0 Å². The molecule has 2 rings (SSSR count). The van der Waals surface area contributed by atoms with Crippen molar-refractivity contribution in [3.8, 4) is 5.75 Å². The number of hydrogen-bond donors (Lipinski definition) is 1. The zero-order valence-electron chi connectivity index (χ0n) is 13.4. The molecule has 1 unspecified atom stereocenters. The second-order valence-corrected chi connectivity index (χ2v) is 5.77. The van der Waals surface area contributed by atoms with E-state index >= 15 is 0 Å².